The maximum absolute atomic E-state index is 13.0. The standard InChI is InChI=1S/C29H30N4O3/c1-31-26-11-13-32(29(35)21-9-12-30-17-21)18-25(26)24-8-7-22(15-27(24)31)33-14-10-23(16-28(33)34)36-19-20-5-3-2-4-6-20/h2-8,10,14-16,21,30H,9,11-13,17-19H2,1H3. The Morgan fingerprint density at radius 3 is 2.75 bits per heavy atom. The second-order valence-electron chi connectivity index (χ2n) is 9.73. The van der Waals surface area contributed by atoms with Crippen LogP contribution in [0.15, 0.2) is 71.7 Å². The number of aryl methyl sites for hydroxylation is 1. The van der Waals surface area contributed by atoms with Crippen LogP contribution in [-0.2, 0) is 31.4 Å². The number of hydrogen-bond donors (Lipinski definition) is 1. The quantitative estimate of drug-likeness (QED) is 0.474. The molecule has 2 aromatic heterocycles. The second-order valence-corrected chi connectivity index (χ2v) is 9.73. The molecule has 1 amide bonds. The van der Waals surface area contributed by atoms with E-state index in [1.54, 1.807) is 10.8 Å². The molecule has 36 heavy (non-hydrogen) atoms. The number of carbonyl (C=O) groups excluding carboxylic acids is 1. The molecule has 0 spiro atoms. The zero-order valence-corrected chi connectivity index (χ0v) is 20.4. The summed E-state index contributed by atoms with van der Waals surface area (Å²) >= 11 is 0. The van der Waals surface area contributed by atoms with Crippen molar-refractivity contribution in [2.75, 3.05) is 19.6 Å². The van der Waals surface area contributed by atoms with Crippen molar-refractivity contribution >= 4 is 16.8 Å². The van der Waals surface area contributed by atoms with Crippen LogP contribution in [0.25, 0.3) is 16.6 Å². The lowest BCUT2D eigenvalue weighted by Gasteiger charge is -2.30. The van der Waals surface area contributed by atoms with Crippen molar-refractivity contribution in [2.45, 2.75) is 26.0 Å². The molecule has 2 aliphatic heterocycles. The first-order valence-electron chi connectivity index (χ1n) is 12.6. The molecule has 4 aromatic rings. The van der Waals surface area contributed by atoms with Crippen LogP contribution < -0.4 is 15.6 Å². The Kier molecular flexibility index (Phi) is 5.85. The number of amides is 1. The molecule has 1 saturated heterocycles. The van der Waals surface area contributed by atoms with Crippen molar-refractivity contribution in [3.63, 3.8) is 0 Å². The average molecular weight is 483 g/mol. The minimum Gasteiger partial charge on any atom is -0.489 e. The highest BCUT2D eigenvalue weighted by Gasteiger charge is 2.31. The lowest BCUT2D eigenvalue weighted by Crippen LogP contribution is -2.40. The molecule has 1 atom stereocenters. The largest absolute Gasteiger partial charge is 0.489 e. The number of nitrogens with one attached hydrogen (secondary N) is 1. The number of ether oxygens (including phenoxy) is 1. The lowest BCUT2D eigenvalue weighted by atomic mass is 10.0. The Hall–Kier alpha value is -3.84. The van der Waals surface area contributed by atoms with Crippen LogP contribution in [0.1, 0.15) is 23.2 Å². The van der Waals surface area contributed by atoms with Gasteiger partial charge >= 0.3 is 0 Å². The maximum Gasteiger partial charge on any atom is 0.258 e. The Balaban J connectivity index is 1.25. The fourth-order valence-corrected chi connectivity index (χ4v) is 5.53. The van der Waals surface area contributed by atoms with Crippen LogP contribution in [0.2, 0.25) is 0 Å². The van der Waals surface area contributed by atoms with E-state index in [1.165, 1.54) is 17.3 Å². The summed E-state index contributed by atoms with van der Waals surface area (Å²) in [6.07, 6.45) is 3.53. The van der Waals surface area contributed by atoms with Gasteiger partial charge in [-0.05, 0) is 36.7 Å². The maximum atomic E-state index is 13.0. The third-order valence-electron chi connectivity index (χ3n) is 7.53. The molecule has 6 rings (SSSR count). The van der Waals surface area contributed by atoms with Crippen molar-refractivity contribution in [1.29, 1.82) is 0 Å². The summed E-state index contributed by atoms with van der Waals surface area (Å²) in [5.41, 5.74) is 5.30. The molecule has 0 bridgehead atoms. The first-order chi connectivity index (χ1) is 17.6. The van der Waals surface area contributed by atoms with E-state index in [0.29, 0.717) is 18.9 Å². The molecule has 7 heteroatoms. The van der Waals surface area contributed by atoms with Crippen molar-refractivity contribution < 1.29 is 9.53 Å². The van der Waals surface area contributed by atoms with Gasteiger partial charge in [-0.2, -0.15) is 0 Å². The monoisotopic (exact) mass is 482 g/mol. The van der Waals surface area contributed by atoms with Gasteiger partial charge < -0.3 is 19.5 Å². The van der Waals surface area contributed by atoms with Crippen LogP contribution in [0.5, 0.6) is 5.75 Å². The van der Waals surface area contributed by atoms with Crippen molar-refractivity contribution in [3.8, 4) is 11.4 Å². The van der Waals surface area contributed by atoms with Crippen LogP contribution in [0, 0.1) is 5.92 Å². The van der Waals surface area contributed by atoms with Gasteiger partial charge in [-0.1, -0.05) is 36.4 Å². The highest BCUT2D eigenvalue weighted by atomic mass is 16.5. The normalized spacial score (nSPS) is 17.4. The lowest BCUT2D eigenvalue weighted by molar-refractivity contribution is -0.135. The van der Waals surface area contributed by atoms with E-state index < -0.39 is 0 Å². The fourth-order valence-electron chi connectivity index (χ4n) is 5.53. The molecule has 1 unspecified atom stereocenters. The highest BCUT2D eigenvalue weighted by molar-refractivity contribution is 5.88. The minimum absolute atomic E-state index is 0.0969. The summed E-state index contributed by atoms with van der Waals surface area (Å²) in [4.78, 5) is 28.0. The van der Waals surface area contributed by atoms with Crippen LogP contribution in [-0.4, -0.2) is 39.6 Å². The molecular formula is C29H30N4O3. The zero-order chi connectivity index (χ0) is 24.6. The van der Waals surface area contributed by atoms with Crippen molar-refractivity contribution in [2.24, 2.45) is 13.0 Å². The summed E-state index contributed by atoms with van der Waals surface area (Å²) in [6.45, 7) is 3.53. The van der Waals surface area contributed by atoms with Gasteiger partial charge in [0.2, 0.25) is 5.91 Å². The van der Waals surface area contributed by atoms with E-state index in [4.69, 9.17) is 4.74 Å². The smallest absolute Gasteiger partial charge is 0.258 e. The van der Waals surface area contributed by atoms with Gasteiger partial charge in [0.1, 0.15) is 12.4 Å². The Morgan fingerprint density at radius 2 is 1.97 bits per heavy atom. The number of pyridine rings is 1. The molecule has 184 valence electrons. The summed E-state index contributed by atoms with van der Waals surface area (Å²) in [5, 5.41) is 4.45. The molecule has 7 nitrogen and oxygen atoms in total. The second kappa shape index (κ2) is 9.32. The third-order valence-corrected chi connectivity index (χ3v) is 7.53. The van der Waals surface area contributed by atoms with Crippen LogP contribution >= 0.6 is 0 Å². The van der Waals surface area contributed by atoms with Gasteiger partial charge in [0, 0.05) is 62.0 Å². The minimum atomic E-state index is -0.138. The van der Waals surface area contributed by atoms with E-state index in [0.717, 1.165) is 54.6 Å². The molecule has 0 aliphatic carbocycles. The van der Waals surface area contributed by atoms with E-state index >= 15 is 0 Å². The molecule has 0 radical (unpaired) electrons. The molecule has 0 saturated carbocycles. The number of benzene rings is 2. The van der Waals surface area contributed by atoms with Crippen molar-refractivity contribution in [1.82, 2.24) is 19.4 Å². The third kappa shape index (κ3) is 4.09. The van der Waals surface area contributed by atoms with Crippen molar-refractivity contribution in [3.05, 3.63) is 94.0 Å². The SMILES string of the molecule is Cn1c2c(c3ccc(-n4ccc(OCc5ccccc5)cc4=O)cc31)CN(C(=O)C1CCNC1)CC2. The number of carbonyl (C=O) groups is 1. The molecule has 1 fully saturated rings. The number of fused-ring (bicyclic) bond motifs is 3. The predicted molar refractivity (Wildman–Crippen MR) is 139 cm³/mol. The van der Waals surface area contributed by atoms with Gasteiger partial charge in [-0.15, -0.1) is 0 Å². The van der Waals surface area contributed by atoms with E-state index in [-0.39, 0.29) is 17.4 Å². The molecular weight excluding hydrogens is 452 g/mol. The average Bonchev–Trinajstić information content (AvgIpc) is 3.55. The predicted octanol–water partition coefficient (Wildman–Crippen LogP) is 3.40. The van der Waals surface area contributed by atoms with E-state index in [1.807, 2.05) is 47.4 Å². The van der Waals surface area contributed by atoms with Crippen LogP contribution in [0.4, 0.5) is 0 Å². The molecule has 2 aliphatic rings. The van der Waals surface area contributed by atoms with Gasteiger partial charge in [-0.3, -0.25) is 14.2 Å². The Labute approximate surface area is 209 Å². The van der Waals surface area contributed by atoms with Gasteiger partial charge in [0.15, 0.2) is 0 Å². The Morgan fingerprint density at radius 1 is 1.11 bits per heavy atom. The van der Waals surface area contributed by atoms with E-state index in [2.05, 4.69) is 29.1 Å². The first-order valence-corrected chi connectivity index (χ1v) is 12.6. The number of hydrogen-bond acceptors (Lipinski definition) is 4. The number of rotatable bonds is 5. The van der Waals surface area contributed by atoms with Gasteiger partial charge in [-0.25, -0.2) is 0 Å². The fraction of sp³-hybridized carbons (Fsp3) is 0.310. The van der Waals surface area contributed by atoms with Gasteiger partial charge in [0.25, 0.3) is 5.56 Å². The molecule has 2 aromatic carbocycles. The summed E-state index contributed by atoms with van der Waals surface area (Å²) in [7, 11) is 2.08. The van der Waals surface area contributed by atoms with Gasteiger partial charge in [0.05, 0.1) is 17.1 Å². The Bertz CT molecular complexity index is 1480. The first kappa shape index (κ1) is 22.6. The highest BCUT2D eigenvalue weighted by Crippen LogP contribution is 2.32. The topological polar surface area (TPSA) is 68.5 Å². The number of aromatic nitrogens is 2. The molecule has 1 N–H and O–H groups in total. The number of nitrogens with zero attached hydrogens (tertiary/aromatic N) is 3. The van der Waals surface area contributed by atoms with Crippen LogP contribution in [0.3, 0.4) is 0 Å². The van der Waals surface area contributed by atoms with E-state index in [9.17, 15) is 9.59 Å². The summed E-state index contributed by atoms with van der Waals surface area (Å²) < 4.78 is 9.68. The molecule has 4 heterocycles. The summed E-state index contributed by atoms with van der Waals surface area (Å²) in [6, 6.07) is 19.4. The summed E-state index contributed by atoms with van der Waals surface area (Å²) in [5.74, 6) is 0.915. The zero-order valence-electron chi connectivity index (χ0n) is 20.4.